The number of aliphatic hydroxyl groups excluding tert-OH is 1. The van der Waals surface area contributed by atoms with E-state index < -0.39 is 142 Å². The molecule has 0 aliphatic carbocycles. The molecular weight excluding hydrogens is 957 g/mol. The maximum Gasteiger partial charge on any atom is 0.430 e. The molecule has 6 rings (SSSR count). The van der Waals surface area contributed by atoms with E-state index in [0.29, 0.717) is 24.6 Å². The Bertz CT molecular complexity index is 2820. The second kappa shape index (κ2) is 16.9. The van der Waals surface area contributed by atoms with Crippen molar-refractivity contribution in [3.8, 4) is 11.1 Å². The first-order chi connectivity index (χ1) is 31.1. The zero-order chi connectivity index (χ0) is 51.4. The van der Waals surface area contributed by atoms with Crippen molar-refractivity contribution in [2.24, 2.45) is 0 Å². The van der Waals surface area contributed by atoms with Gasteiger partial charge in [-0.1, -0.05) is 32.9 Å². The van der Waals surface area contributed by atoms with Crippen molar-refractivity contribution in [2.75, 3.05) is 4.90 Å². The van der Waals surface area contributed by atoms with Gasteiger partial charge in [0.1, 0.15) is 0 Å². The zero-order valence-corrected chi connectivity index (χ0v) is 37.2. The number of anilines is 1. The van der Waals surface area contributed by atoms with Gasteiger partial charge in [-0.2, -0.15) is 52.7 Å². The minimum Gasteiger partial charge on any atom is -0.369 e. The molecule has 2 unspecified atom stereocenters. The molecule has 2 atom stereocenters. The van der Waals surface area contributed by atoms with Crippen LogP contribution in [0.1, 0.15) is 124 Å². The molecule has 4 aromatic carbocycles. The molecule has 0 fully saturated rings. The summed E-state index contributed by atoms with van der Waals surface area (Å²) in [6.45, 7) is 8.12. The van der Waals surface area contributed by atoms with E-state index in [1.54, 1.807) is 13.8 Å². The van der Waals surface area contributed by atoms with Gasteiger partial charge in [-0.25, -0.2) is 13.3 Å². The number of halogens is 12. The first-order valence-electron chi connectivity index (χ1n) is 20.5. The molecular formula is C45H40F12N2O8S. The molecule has 2 aliphatic heterocycles. The van der Waals surface area contributed by atoms with Crippen molar-refractivity contribution in [2.45, 2.75) is 125 Å². The van der Waals surface area contributed by atoms with Gasteiger partial charge in [-0.3, -0.25) is 14.4 Å². The molecule has 2 aliphatic rings. The van der Waals surface area contributed by atoms with E-state index in [1.165, 1.54) is 13.8 Å². The summed E-state index contributed by atoms with van der Waals surface area (Å²) >= 11 is 0. The Morgan fingerprint density at radius 2 is 1.01 bits per heavy atom. The van der Waals surface area contributed by atoms with Crippen LogP contribution in [0.2, 0.25) is 0 Å². The Balaban J connectivity index is 1.57. The Hall–Kier alpha value is -5.52. The highest BCUT2D eigenvalue weighted by molar-refractivity contribution is 7.91. The number of amides is 3. The second-order valence-electron chi connectivity index (χ2n) is 16.6. The van der Waals surface area contributed by atoms with Crippen LogP contribution in [0.3, 0.4) is 0 Å². The fraction of sp³-hybridized carbons (Fsp3) is 0.400. The molecule has 23 heteroatoms. The molecule has 0 radical (unpaired) electrons. The monoisotopic (exact) mass is 996 g/mol. The predicted molar refractivity (Wildman–Crippen MR) is 217 cm³/mol. The average molecular weight is 997 g/mol. The van der Waals surface area contributed by atoms with Crippen LogP contribution >= 0.6 is 0 Å². The summed E-state index contributed by atoms with van der Waals surface area (Å²) in [7, 11) is -4.78. The molecule has 4 aromatic rings. The lowest BCUT2D eigenvalue weighted by atomic mass is 9.78. The quantitative estimate of drug-likeness (QED) is 0.0992. The molecule has 2 heterocycles. The van der Waals surface area contributed by atoms with Crippen LogP contribution in [0, 0.1) is 13.8 Å². The molecule has 0 aromatic heterocycles. The summed E-state index contributed by atoms with van der Waals surface area (Å²) in [6.07, 6.45) is -27.8. The number of sulfone groups is 1. The number of aryl methyl sites for hydroxylation is 2. The van der Waals surface area contributed by atoms with E-state index in [0.717, 1.165) is 49.1 Å². The fourth-order valence-electron chi connectivity index (χ4n) is 8.68. The van der Waals surface area contributed by atoms with E-state index >= 15 is 0 Å². The Labute approximate surface area is 379 Å². The van der Waals surface area contributed by atoms with Gasteiger partial charge in [0.15, 0.2) is 6.23 Å². The molecule has 68 heavy (non-hydrogen) atoms. The van der Waals surface area contributed by atoms with Crippen LogP contribution in [0.5, 0.6) is 0 Å². The van der Waals surface area contributed by atoms with Gasteiger partial charge in [0.05, 0.1) is 26.6 Å². The number of hydrogen-bond acceptors (Lipinski definition) is 8. The minimum atomic E-state index is -6.78. The lowest BCUT2D eigenvalue weighted by molar-refractivity contribution is -0.376. The van der Waals surface area contributed by atoms with Gasteiger partial charge >= 0.3 is 24.7 Å². The molecule has 3 amide bonds. The smallest absolute Gasteiger partial charge is 0.369 e. The third-order valence-corrected chi connectivity index (χ3v) is 14.4. The predicted octanol–water partition coefficient (Wildman–Crippen LogP) is 10.4. The van der Waals surface area contributed by atoms with E-state index in [2.05, 4.69) is 0 Å². The van der Waals surface area contributed by atoms with Gasteiger partial charge in [-0.05, 0) is 122 Å². The minimum absolute atomic E-state index is 0.0628. The van der Waals surface area contributed by atoms with Crippen molar-refractivity contribution >= 4 is 33.2 Å². The number of carbonyl (C=O) groups excluding carboxylic acids is 3. The summed E-state index contributed by atoms with van der Waals surface area (Å²) in [6, 6.07) is 5.81. The van der Waals surface area contributed by atoms with Crippen LogP contribution in [-0.2, 0) is 21.0 Å². The molecule has 0 bridgehead atoms. The van der Waals surface area contributed by atoms with Crippen molar-refractivity contribution in [1.29, 1.82) is 0 Å². The Morgan fingerprint density at radius 1 is 0.574 bits per heavy atom. The molecule has 0 saturated carbocycles. The standard InChI is InChI=1S/C45H40F12N2O8S/c1-7-22(6)58-36(60)26-12-10-24(16-31(26)38(58)62)68(66,67)25-11-13-27-32(17-25)39(63)59(37(27)61)35-15-21(5)29(19-34(35)41(65,44(52,53)54)45(55,56)57)28-18-33(30(14-20(28)4)23(8-2)9-3)40(64,42(46,47)48)43(49,50)51/h10-19,22-23,36,60,64-65H,7-9H2,1-6H3. The number of carbonyl (C=O) groups is 3. The van der Waals surface area contributed by atoms with Gasteiger partial charge in [0.25, 0.3) is 28.9 Å². The van der Waals surface area contributed by atoms with E-state index in [-0.39, 0.29) is 46.6 Å². The summed E-state index contributed by atoms with van der Waals surface area (Å²) < 4.78 is 204. The second-order valence-corrected chi connectivity index (χ2v) is 18.6. The molecule has 10 nitrogen and oxygen atoms in total. The normalized spacial score (nSPS) is 16.9. The molecule has 368 valence electrons. The maximum atomic E-state index is 14.8. The first kappa shape index (κ1) is 51.9. The van der Waals surface area contributed by atoms with Crippen molar-refractivity contribution < 1.29 is 90.8 Å². The third kappa shape index (κ3) is 7.72. The number of nitrogens with zero attached hydrogens (tertiary/aromatic N) is 2. The van der Waals surface area contributed by atoms with Crippen molar-refractivity contribution in [1.82, 2.24) is 4.90 Å². The number of hydrogen-bond donors (Lipinski definition) is 3. The lowest BCUT2D eigenvalue weighted by Crippen LogP contribution is -2.55. The zero-order valence-electron chi connectivity index (χ0n) is 36.3. The maximum absolute atomic E-state index is 14.8. The Kier molecular flexibility index (Phi) is 12.9. The number of benzene rings is 4. The van der Waals surface area contributed by atoms with Crippen LogP contribution in [0.25, 0.3) is 11.1 Å². The number of rotatable bonds is 11. The number of alkyl halides is 12. The van der Waals surface area contributed by atoms with Crippen molar-refractivity contribution in [3.63, 3.8) is 0 Å². The van der Waals surface area contributed by atoms with E-state index in [1.807, 2.05) is 0 Å². The summed E-state index contributed by atoms with van der Waals surface area (Å²) in [5, 5.41) is 32.3. The number of aliphatic hydroxyl groups is 3. The van der Waals surface area contributed by atoms with Crippen LogP contribution in [-0.4, -0.2) is 77.1 Å². The van der Waals surface area contributed by atoms with E-state index in [9.17, 15) is 90.8 Å². The highest BCUT2D eigenvalue weighted by Gasteiger charge is 2.73. The highest BCUT2D eigenvalue weighted by Crippen LogP contribution is 2.56. The average Bonchev–Trinajstić information content (AvgIpc) is 3.64. The fourth-order valence-corrected chi connectivity index (χ4v) is 10.00. The van der Waals surface area contributed by atoms with Crippen LogP contribution in [0.4, 0.5) is 58.4 Å². The van der Waals surface area contributed by atoms with Crippen LogP contribution < -0.4 is 4.90 Å². The number of fused-ring (bicyclic) bond motifs is 2. The molecule has 0 spiro atoms. The summed E-state index contributed by atoms with van der Waals surface area (Å²) in [5.74, 6) is -5.21. The summed E-state index contributed by atoms with van der Waals surface area (Å²) in [4.78, 5) is 40.8. The molecule has 0 saturated heterocycles. The largest absolute Gasteiger partial charge is 0.430 e. The topological polar surface area (TPSA) is 153 Å². The van der Waals surface area contributed by atoms with Gasteiger partial charge in [0.2, 0.25) is 9.84 Å². The lowest BCUT2D eigenvalue weighted by Gasteiger charge is -2.37. The number of imide groups is 1. The highest BCUT2D eigenvalue weighted by atomic mass is 32.2. The van der Waals surface area contributed by atoms with Crippen LogP contribution in [0.15, 0.2) is 70.5 Å². The first-order valence-corrected chi connectivity index (χ1v) is 22.0. The summed E-state index contributed by atoms with van der Waals surface area (Å²) in [5.41, 5.74) is -22.7. The molecule has 3 N–H and O–H groups in total. The van der Waals surface area contributed by atoms with Gasteiger partial charge in [-0.15, -0.1) is 0 Å². The SMILES string of the molecule is CCC(CC)c1cc(C)c(-c2cc(C(O)(C(F)(F)F)C(F)(F)F)c(N3C(=O)c4ccc(S(=O)(=O)c5ccc6c(c5)C(=O)N(C(C)CC)C6O)cc4C3=O)cc2C)cc1C(O)(C(F)(F)F)C(F)(F)F. The van der Waals surface area contributed by atoms with Gasteiger partial charge in [0, 0.05) is 28.3 Å². The Morgan fingerprint density at radius 3 is 1.50 bits per heavy atom. The van der Waals surface area contributed by atoms with Crippen molar-refractivity contribution in [3.05, 3.63) is 111 Å². The third-order valence-electron chi connectivity index (χ3n) is 12.7. The van der Waals surface area contributed by atoms with E-state index in [4.69, 9.17) is 0 Å². The van der Waals surface area contributed by atoms with Gasteiger partial charge < -0.3 is 20.2 Å².